The Balaban J connectivity index is 1.57. The van der Waals surface area contributed by atoms with Crippen molar-refractivity contribution in [1.82, 2.24) is 5.32 Å². The molecule has 1 atom stereocenters. The van der Waals surface area contributed by atoms with E-state index in [1.807, 2.05) is 42.5 Å². The van der Waals surface area contributed by atoms with Gasteiger partial charge in [0.1, 0.15) is 17.1 Å². The number of ether oxygens (including phenoxy) is 2. The molecule has 5 heteroatoms. The van der Waals surface area contributed by atoms with Crippen LogP contribution in [0.25, 0.3) is 0 Å². The molecule has 120 valence electrons. The van der Waals surface area contributed by atoms with E-state index in [1.54, 1.807) is 12.1 Å². The van der Waals surface area contributed by atoms with Crippen molar-refractivity contribution in [2.45, 2.75) is 12.0 Å². The Bertz CT molecular complexity index is 674. The summed E-state index contributed by atoms with van der Waals surface area (Å²) in [4.78, 5) is 11.9. The van der Waals surface area contributed by atoms with E-state index < -0.39 is 5.60 Å². The molecule has 0 aromatic heterocycles. The molecule has 1 amide bonds. The highest BCUT2D eigenvalue weighted by molar-refractivity contribution is 5.77. The van der Waals surface area contributed by atoms with Gasteiger partial charge in [-0.05, 0) is 18.2 Å². The third-order valence-electron chi connectivity index (χ3n) is 3.85. The van der Waals surface area contributed by atoms with E-state index in [4.69, 9.17) is 9.47 Å². The molecule has 0 saturated heterocycles. The average Bonchev–Trinajstić information content (AvgIpc) is 2.60. The number of para-hydroxylation sites is 2. The van der Waals surface area contributed by atoms with E-state index in [2.05, 4.69) is 5.32 Å². The van der Waals surface area contributed by atoms with Gasteiger partial charge < -0.3 is 19.9 Å². The van der Waals surface area contributed by atoms with Crippen molar-refractivity contribution in [3.63, 3.8) is 0 Å². The first kappa shape index (κ1) is 15.4. The molecule has 23 heavy (non-hydrogen) atoms. The van der Waals surface area contributed by atoms with Gasteiger partial charge in [0.05, 0.1) is 13.2 Å². The van der Waals surface area contributed by atoms with Crippen LogP contribution < -0.4 is 14.8 Å². The number of nitrogens with one attached hydrogen (secondary N) is 1. The predicted molar refractivity (Wildman–Crippen MR) is 85.4 cm³/mol. The lowest BCUT2D eigenvalue weighted by Crippen LogP contribution is -2.45. The SMILES string of the molecule is O=C(COc1ccccc1)NCC1(O)CCOc2ccccc21. The highest BCUT2D eigenvalue weighted by Crippen LogP contribution is 2.36. The number of amides is 1. The third-order valence-corrected chi connectivity index (χ3v) is 3.85. The Kier molecular flexibility index (Phi) is 4.48. The first-order valence-corrected chi connectivity index (χ1v) is 7.57. The van der Waals surface area contributed by atoms with Gasteiger partial charge in [-0.15, -0.1) is 0 Å². The van der Waals surface area contributed by atoms with E-state index in [0.717, 1.165) is 0 Å². The highest BCUT2D eigenvalue weighted by atomic mass is 16.5. The summed E-state index contributed by atoms with van der Waals surface area (Å²) in [7, 11) is 0. The van der Waals surface area contributed by atoms with Crippen LogP contribution in [-0.2, 0) is 10.4 Å². The van der Waals surface area contributed by atoms with Gasteiger partial charge in [-0.25, -0.2) is 0 Å². The van der Waals surface area contributed by atoms with Crippen molar-refractivity contribution >= 4 is 5.91 Å². The van der Waals surface area contributed by atoms with Gasteiger partial charge in [-0.3, -0.25) is 4.79 Å². The van der Waals surface area contributed by atoms with Gasteiger partial charge in [0.25, 0.3) is 5.91 Å². The van der Waals surface area contributed by atoms with Crippen LogP contribution in [0.1, 0.15) is 12.0 Å². The summed E-state index contributed by atoms with van der Waals surface area (Å²) in [5.41, 5.74) is -0.410. The van der Waals surface area contributed by atoms with Crippen molar-refractivity contribution in [2.24, 2.45) is 0 Å². The van der Waals surface area contributed by atoms with Crippen molar-refractivity contribution in [1.29, 1.82) is 0 Å². The molecule has 0 bridgehead atoms. The molecule has 1 aliphatic rings. The zero-order valence-electron chi connectivity index (χ0n) is 12.7. The molecule has 2 aromatic rings. The van der Waals surface area contributed by atoms with Crippen molar-refractivity contribution < 1.29 is 19.4 Å². The van der Waals surface area contributed by atoms with Crippen LogP contribution in [0.3, 0.4) is 0 Å². The zero-order chi connectivity index (χ0) is 16.1. The molecule has 5 nitrogen and oxygen atoms in total. The van der Waals surface area contributed by atoms with Crippen LogP contribution in [0.15, 0.2) is 54.6 Å². The number of benzene rings is 2. The minimum Gasteiger partial charge on any atom is -0.493 e. The van der Waals surface area contributed by atoms with E-state index >= 15 is 0 Å². The monoisotopic (exact) mass is 313 g/mol. The fourth-order valence-electron chi connectivity index (χ4n) is 2.59. The second-order valence-corrected chi connectivity index (χ2v) is 5.50. The smallest absolute Gasteiger partial charge is 0.258 e. The molecular formula is C18H19NO4. The maximum atomic E-state index is 11.9. The Morgan fingerprint density at radius 3 is 2.74 bits per heavy atom. The quantitative estimate of drug-likeness (QED) is 0.884. The van der Waals surface area contributed by atoms with Crippen LogP contribution in [0.2, 0.25) is 0 Å². The van der Waals surface area contributed by atoms with Gasteiger partial charge >= 0.3 is 0 Å². The van der Waals surface area contributed by atoms with Crippen LogP contribution in [0.4, 0.5) is 0 Å². The van der Waals surface area contributed by atoms with Crippen LogP contribution >= 0.6 is 0 Å². The molecular weight excluding hydrogens is 294 g/mol. The van der Waals surface area contributed by atoms with Crippen molar-refractivity contribution in [3.05, 3.63) is 60.2 Å². The van der Waals surface area contributed by atoms with Crippen molar-refractivity contribution in [3.8, 4) is 11.5 Å². The first-order valence-electron chi connectivity index (χ1n) is 7.57. The molecule has 3 rings (SSSR count). The summed E-state index contributed by atoms with van der Waals surface area (Å²) in [5, 5.41) is 13.6. The minimum atomic E-state index is -1.11. The topological polar surface area (TPSA) is 67.8 Å². The summed E-state index contributed by atoms with van der Waals surface area (Å²) in [5.74, 6) is 1.03. The molecule has 2 aromatic carbocycles. The number of rotatable bonds is 5. The summed E-state index contributed by atoms with van der Waals surface area (Å²) in [6.45, 7) is 0.465. The number of hydrogen-bond acceptors (Lipinski definition) is 4. The first-order chi connectivity index (χ1) is 11.2. The minimum absolute atomic E-state index is 0.0851. The summed E-state index contributed by atoms with van der Waals surface area (Å²) in [6.07, 6.45) is 0.434. The van der Waals surface area contributed by atoms with E-state index in [0.29, 0.717) is 30.1 Å². The van der Waals surface area contributed by atoms with Gasteiger partial charge in [0.15, 0.2) is 6.61 Å². The lowest BCUT2D eigenvalue weighted by Gasteiger charge is -2.34. The fraction of sp³-hybridized carbons (Fsp3) is 0.278. The van der Waals surface area contributed by atoms with Gasteiger partial charge in [-0.2, -0.15) is 0 Å². The third kappa shape index (κ3) is 3.63. The lowest BCUT2D eigenvalue weighted by molar-refractivity contribution is -0.124. The fourth-order valence-corrected chi connectivity index (χ4v) is 2.59. The number of fused-ring (bicyclic) bond motifs is 1. The van der Waals surface area contributed by atoms with Gasteiger partial charge in [0.2, 0.25) is 0 Å². The molecule has 1 unspecified atom stereocenters. The number of carbonyl (C=O) groups is 1. The van der Waals surface area contributed by atoms with E-state index in [-0.39, 0.29) is 19.1 Å². The van der Waals surface area contributed by atoms with Crippen LogP contribution in [0, 0.1) is 0 Å². The maximum absolute atomic E-state index is 11.9. The normalized spacial score (nSPS) is 19.3. The van der Waals surface area contributed by atoms with E-state index in [9.17, 15) is 9.90 Å². The van der Waals surface area contributed by atoms with Crippen molar-refractivity contribution in [2.75, 3.05) is 19.8 Å². The number of hydrogen-bond donors (Lipinski definition) is 2. The zero-order valence-corrected chi connectivity index (χ0v) is 12.7. The Morgan fingerprint density at radius 2 is 1.91 bits per heavy atom. The number of carbonyl (C=O) groups excluding carboxylic acids is 1. The molecule has 0 saturated carbocycles. The summed E-state index contributed by atoms with van der Waals surface area (Å²) >= 11 is 0. The highest BCUT2D eigenvalue weighted by Gasteiger charge is 2.35. The molecule has 0 aliphatic carbocycles. The Morgan fingerprint density at radius 1 is 1.17 bits per heavy atom. The van der Waals surface area contributed by atoms with E-state index in [1.165, 1.54) is 0 Å². The average molecular weight is 313 g/mol. The summed E-state index contributed by atoms with van der Waals surface area (Å²) < 4.78 is 10.9. The maximum Gasteiger partial charge on any atom is 0.258 e. The number of aliphatic hydroxyl groups is 1. The molecule has 2 N–H and O–H groups in total. The lowest BCUT2D eigenvalue weighted by atomic mass is 9.88. The largest absolute Gasteiger partial charge is 0.493 e. The second kappa shape index (κ2) is 6.71. The molecule has 0 spiro atoms. The van der Waals surface area contributed by atoms with Gasteiger partial charge in [0, 0.05) is 12.0 Å². The van der Waals surface area contributed by atoms with Crippen LogP contribution in [-0.4, -0.2) is 30.8 Å². The molecule has 1 heterocycles. The second-order valence-electron chi connectivity index (χ2n) is 5.50. The Hall–Kier alpha value is -2.53. The standard InChI is InChI=1S/C18H19NO4/c20-17(12-23-14-6-2-1-3-7-14)19-13-18(21)10-11-22-16-9-5-4-8-15(16)18/h1-9,21H,10-13H2,(H,19,20). The summed E-state index contributed by atoms with van der Waals surface area (Å²) in [6, 6.07) is 16.5. The molecule has 0 radical (unpaired) electrons. The molecule has 1 aliphatic heterocycles. The predicted octanol–water partition coefficient (Wildman–Crippen LogP) is 1.85. The van der Waals surface area contributed by atoms with Gasteiger partial charge in [-0.1, -0.05) is 36.4 Å². The van der Waals surface area contributed by atoms with Crippen LogP contribution in [0.5, 0.6) is 11.5 Å². The molecule has 0 fully saturated rings. The Labute approximate surface area is 134 Å².